The van der Waals surface area contributed by atoms with Crippen molar-refractivity contribution < 1.29 is 31.1 Å². The number of sulfonamides is 1. The molecule has 1 aromatic carbocycles. The lowest BCUT2D eigenvalue weighted by atomic mass is 9.82. The smallest absolute Gasteiger partial charge is 0.239 e. The summed E-state index contributed by atoms with van der Waals surface area (Å²) in [7, 11) is -0.867. The zero-order valence-corrected chi connectivity index (χ0v) is 19.1. The number of carbonyl (C=O) groups excluding carboxylic acids is 1. The first kappa shape index (κ1) is 24.9. The summed E-state index contributed by atoms with van der Waals surface area (Å²) in [5, 5.41) is 0. The highest BCUT2D eigenvalue weighted by Gasteiger charge is 2.45. The van der Waals surface area contributed by atoms with Crippen molar-refractivity contribution in [3.05, 3.63) is 35.1 Å². The highest BCUT2D eigenvalue weighted by atomic mass is 32.2. The number of rotatable bonds is 9. The van der Waals surface area contributed by atoms with Crippen LogP contribution in [-0.2, 0) is 26.0 Å². The molecule has 0 unspecified atom stereocenters. The maximum absolute atomic E-state index is 14.0. The van der Waals surface area contributed by atoms with Gasteiger partial charge in [-0.3, -0.25) is 4.79 Å². The Morgan fingerprint density at radius 2 is 1.78 bits per heavy atom. The molecule has 2 saturated heterocycles. The van der Waals surface area contributed by atoms with E-state index < -0.39 is 45.2 Å². The van der Waals surface area contributed by atoms with Gasteiger partial charge in [-0.15, -0.1) is 0 Å². The third kappa shape index (κ3) is 5.44. The van der Waals surface area contributed by atoms with Crippen LogP contribution in [0.4, 0.5) is 13.2 Å². The van der Waals surface area contributed by atoms with E-state index in [1.54, 1.807) is 4.90 Å². The number of nitrogens with two attached hydrogens (primary N) is 1. The SMILES string of the molecule is COCCN(C)S(=O)(=O)CC(=O)N1[C@@H]2CC[C@H]1C[C@H]([C@H](N)Cc1cc(F)c(F)cc1F)C2. The summed E-state index contributed by atoms with van der Waals surface area (Å²) in [5.74, 6) is -4.27. The number of hydrogen-bond donors (Lipinski definition) is 1. The summed E-state index contributed by atoms with van der Waals surface area (Å²) in [6, 6.07) is 0.603. The summed E-state index contributed by atoms with van der Waals surface area (Å²) in [5.41, 5.74) is 6.32. The minimum Gasteiger partial charge on any atom is -0.383 e. The van der Waals surface area contributed by atoms with Crippen LogP contribution in [-0.4, -0.2) is 74.7 Å². The Morgan fingerprint density at radius 3 is 2.38 bits per heavy atom. The molecule has 2 aliphatic heterocycles. The van der Waals surface area contributed by atoms with E-state index in [-0.39, 0.29) is 43.1 Å². The van der Waals surface area contributed by atoms with Gasteiger partial charge in [-0.05, 0) is 49.7 Å². The average Bonchev–Trinajstić information content (AvgIpc) is 2.99. The Bertz CT molecular complexity index is 932. The van der Waals surface area contributed by atoms with Gasteiger partial charge in [-0.1, -0.05) is 0 Å². The number of likely N-dealkylation sites (N-methyl/N-ethyl adjacent to an activating group) is 1. The molecule has 1 amide bonds. The van der Waals surface area contributed by atoms with Crippen molar-refractivity contribution in [3.8, 4) is 0 Å². The summed E-state index contributed by atoms with van der Waals surface area (Å²) in [6.07, 6.45) is 2.68. The van der Waals surface area contributed by atoms with E-state index in [1.807, 2.05) is 0 Å². The van der Waals surface area contributed by atoms with Gasteiger partial charge >= 0.3 is 0 Å². The van der Waals surface area contributed by atoms with Crippen molar-refractivity contribution in [2.24, 2.45) is 11.7 Å². The fraction of sp³-hybridized carbons (Fsp3) is 0.667. The number of fused-ring (bicyclic) bond motifs is 2. The topological polar surface area (TPSA) is 92.9 Å². The fourth-order valence-electron chi connectivity index (χ4n) is 4.82. The summed E-state index contributed by atoms with van der Waals surface area (Å²) < 4.78 is 71.7. The lowest BCUT2D eigenvalue weighted by Crippen LogP contribution is -2.52. The molecule has 2 bridgehead atoms. The highest BCUT2D eigenvalue weighted by molar-refractivity contribution is 7.89. The maximum Gasteiger partial charge on any atom is 0.239 e. The van der Waals surface area contributed by atoms with Gasteiger partial charge in [-0.2, -0.15) is 0 Å². The lowest BCUT2D eigenvalue weighted by Gasteiger charge is -2.41. The van der Waals surface area contributed by atoms with Gasteiger partial charge in [-0.25, -0.2) is 25.9 Å². The molecule has 180 valence electrons. The summed E-state index contributed by atoms with van der Waals surface area (Å²) in [4.78, 5) is 14.5. The van der Waals surface area contributed by atoms with E-state index in [0.29, 0.717) is 18.9 Å². The van der Waals surface area contributed by atoms with Crippen LogP contribution < -0.4 is 5.73 Å². The minimum atomic E-state index is -3.75. The Labute approximate surface area is 186 Å². The quantitative estimate of drug-likeness (QED) is 0.546. The number of piperidine rings is 1. The Balaban J connectivity index is 1.62. The van der Waals surface area contributed by atoms with Crippen molar-refractivity contribution in [3.63, 3.8) is 0 Å². The predicted molar refractivity (Wildman–Crippen MR) is 113 cm³/mol. The largest absolute Gasteiger partial charge is 0.383 e. The number of carbonyl (C=O) groups is 1. The molecule has 0 saturated carbocycles. The van der Waals surface area contributed by atoms with E-state index in [9.17, 15) is 26.4 Å². The van der Waals surface area contributed by atoms with Crippen LogP contribution in [0.25, 0.3) is 0 Å². The van der Waals surface area contributed by atoms with Crippen LogP contribution in [0.1, 0.15) is 31.2 Å². The van der Waals surface area contributed by atoms with Crippen LogP contribution in [0.3, 0.4) is 0 Å². The Hall–Kier alpha value is -1.69. The van der Waals surface area contributed by atoms with Crippen LogP contribution in [0.15, 0.2) is 12.1 Å². The summed E-state index contributed by atoms with van der Waals surface area (Å²) in [6.45, 7) is 0.396. The molecule has 11 heteroatoms. The highest BCUT2D eigenvalue weighted by Crippen LogP contribution is 2.40. The van der Waals surface area contributed by atoms with Crippen LogP contribution in [0.2, 0.25) is 0 Å². The second-order valence-electron chi connectivity index (χ2n) is 8.71. The average molecular weight is 478 g/mol. The number of benzene rings is 1. The molecule has 2 fully saturated rings. The monoisotopic (exact) mass is 477 g/mol. The molecule has 7 nitrogen and oxygen atoms in total. The van der Waals surface area contributed by atoms with Crippen molar-refractivity contribution in [2.75, 3.05) is 33.1 Å². The number of nitrogens with zero attached hydrogens (tertiary/aromatic N) is 2. The molecule has 2 heterocycles. The van der Waals surface area contributed by atoms with Crippen molar-refractivity contribution in [2.45, 2.75) is 50.2 Å². The van der Waals surface area contributed by atoms with Crippen LogP contribution >= 0.6 is 0 Å². The van der Waals surface area contributed by atoms with Gasteiger partial charge in [0.25, 0.3) is 0 Å². The zero-order chi connectivity index (χ0) is 23.6. The number of amides is 1. The van der Waals surface area contributed by atoms with Gasteiger partial charge in [0, 0.05) is 44.9 Å². The molecular formula is C21H30F3N3O4S. The van der Waals surface area contributed by atoms with Crippen LogP contribution in [0.5, 0.6) is 0 Å². The second kappa shape index (κ2) is 10.1. The molecule has 2 N–H and O–H groups in total. The standard InChI is InChI=1S/C21H30F3N3O4S/c1-26(5-6-31-2)32(29,30)12-21(28)27-15-3-4-16(27)8-14(7-15)20(25)10-13-9-18(23)19(24)11-17(13)22/h9,11,14-16,20H,3-8,10,12,25H2,1-2H3/t14-,15-,16+,20-/m1/s1. The molecule has 2 aliphatic rings. The van der Waals surface area contributed by atoms with E-state index in [1.165, 1.54) is 14.2 Å². The van der Waals surface area contributed by atoms with Gasteiger partial charge in [0.1, 0.15) is 11.6 Å². The molecule has 4 atom stereocenters. The summed E-state index contributed by atoms with van der Waals surface area (Å²) >= 11 is 0. The number of ether oxygens (including phenoxy) is 1. The van der Waals surface area contributed by atoms with Crippen molar-refractivity contribution in [1.29, 1.82) is 0 Å². The van der Waals surface area contributed by atoms with Gasteiger partial charge < -0.3 is 15.4 Å². The maximum atomic E-state index is 14.0. The normalized spacial score (nSPS) is 24.2. The van der Waals surface area contributed by atoms with Crippen LogP contribution in [0, 0.1) is 23.4 Å². The van der Waals surface area contributed by atoms with E-state index in [4.69, 9.17) is 10.5 Å². The fourth-order valence-corrected chi connectivity index (χ4v) is 5.85. The first-order valence-corrected chi connectivity index (χ1v) is 12.3. The van der Waals surface area contributed by atoms with Gasteiger partial charge in [0.2, 0.25) is 15.9 Å². The van der Waals surface area contributed by atoms with Crippen molar-refractivity contribution in [1.82, 2.24) is 9.21 Å². The molecule has 0 radical (unpaired) electrons. The van der Waals surface area contributed by atoms with Crippen molar-refractivity contribution >= 4 is 15.9 Å². The number of halogens is 3. The zero-order valence-electron chi connectivity index (χ0n) is 18.3. The Morgan fingerprint density at radius 1 is 1.19 bits per heavy atom. The van der Waals surface area contributed by atoms with Gasteiger partial charge in [0.05, 0.1) is 6.61 Å². The molecule has 1 aromatic rings. The van der Waals surface area contributed by atoms with E-state index in [0.717, 1.165) is 23.2 Å². The second-order valence-corrected chi connectivity index (χ2v) is 10.8. The third-order valence-corrected chi connectivity index (χ3v) is 8.34. The minimum absolute atomic E-state index is 0.0208. The number of methoxy groups -OCH3 is 1. The lowest BCUT2D eigenvalue weighted by molar-refractivity contribution is -0.133. The predicted octanol–water partition coefficient (Wildman–Crippen LogP) is 1.65. The molecular weight excluding hydrogens is 447 g/mol. The first-order valence-electron chi connectivity index (χ1n) is 10.7. The molecule has 0 spiro atoms. The first-order chi connectivity index (χ1) is 15.0. The number of hydrogen-bond acceptors (Lipinski definition) is 5. The van der Waals surface area contributed by atoms with E-state index in [2.05, 4.69) is 0 Å². The Kier molecular flexibility index (Phi) is 7.85. The molecule has 0 aromatic heterocycles. The molecule has 0 aliphatic carbocycles. The third-order valence-electron chi connectivity index (χ3n) is 6.60. The van der Waals surface area contributed by atoms with Gasteiger partial charge in [0.15, 0.2) is 11.6 Å². The van der Waals surface area contributed by atoms with E-state index >= 15 is 0 Å². The molecule has 3 rings (SSSR count). The molecule has 32 heavy (non-hydrogen) atoms.